The molecule has 2 rings (SSSR count). The molecule has 0 aliphatic carbocycles. The number of benzene rings is 1. The second-order valence-electron chi connectivity index (χ2n) is 9.86. The van der Waals surface area contributed by atoms with Crippen molar-refractivity contribution in [1.29, 1.82) is 0 Å². The third-order valence-electron chi connectivity index (χ3n) is 6.17. The number of ether oxygens (including phenoxy) is 6. The third kappa shape index (κ3) is 11.8. The van der Waals surface area contributed by atoms with Crippen LogP contribution in [-0.4, -0.2) is 97.4 Å². The smallest absolute Gasteiger partial charge is 0.354 e. The predicted molar refractivity (Wildman–Crippen MR) is 153 cm³/mol. The Labute approximate surface area is 268 Å². The van der Waals surface area contributed by atoms with E-state index in [-0.39, 0.29) is 6.42 Å². The minimum absolute atomic E-state index is 0.0986. The number of hydrogen-bond donors (Lipinski definition) is 2. The fourth-order valence-electron chi connectivity index (χ4n) is 4.44. The quantitative estimate of drug-likeness (QED) is 0.169. The van der Waals surface area contributed by atoms with Crippen LogP contribution in [0.25, 0.3) is 0 Å². The normalized spacial score (nSPS) is 22.1. The van der Waals surface area contributed by atoms with Crippen LogP contribution in [0.5, 0.6) is 0 Å². The van der Waals surface area contributed by atoms with E-state index < -0.39 is 96.8 Å². The highest BCUT2D eigenvalue weighted by molar-refractivity contribution is 6.33. The fraction of sp³-hybridized carbons (Fsp3) is 0.536. The summed E-state index contributed by atoms with van der Waals surface area (Å²) in [5.41, 5.74) is 0.609. The molecule has 1 aliphatic rings. The SMILES string of the molecule is COC(=O)[C@]1(Cl)C[C@H](OC(C)=O)[C@@H](NC(=O)COC(C)=O)[C@H]([C@H](OC(C)=O)[C@@H](CNC(=O)Cc2ccc(Cl)cc2)OC(C)=O)O1. The molecule has 0 aromatic heterocycles. The Balaban J connectivity index is 2.54. The number of hydrogen-bond acceptors (Lipinski definition) is 13. The number of alkyl halides is 1. The molecule has 0 unspecified atom stereocenters. The van der Waals surface area contributed by atoms with Crippen molar-refractivity contribution in [3.05, 3.63) is 34.9 Å². The zero-order chi connectivity index (χ0) is 33.9. The fourth-order valence-corrected chi connectivity index (χ4v) is 4.89. The number of carbonyl (C=O) groups is 7. The van der Waals surface area contributed by atoms with Crippen molar-refractivity contribution >= 4 is 64.9 Å². The highest BCUT2D eigenvalue weighted by Gasteiger charge is 2.57. The molecule has 1 aliphatic heterocycles. The number of esters is 5. The number of amides is 2. The van der Waals surface area contributed by atoms with E-state index >= 15 is 0 Å². The summed E-state index contributed by atoms with van der Waals surface area (Å²) in [6.07, 6.45) is -6.97. The molecule has 1 fully saturated rings. The summed E-state index contributed by atoms with van der Waals surface area (Å²) in [6.45, 7) is 2.98. The summed E-state index contributed by atoms with van der Waals surface area (Å²) in [5.74, 6) is -5.96. The average Bonchev–Trinajstić information content (AvgIpc) is 2.94. The van der Waals surface area contributed by atoms with E-state index in [0.717, 1.165) is 34.8 Å². The van der Waals surface area contributed by atoms with Crippen molar-refractivity contribution in [2.75, 3.05) is 20.3 Å². The zero-order valence-corrected chi connectivity index (χ0v) is 26.6. The maximum Gasteiger partial charge on any atom is 0.354 e. The number of rotatable bonds is 13. The van der Waals surface area contributed by atoms with E-state index in [2.05, 4.69) is 10.6 Å². The standard InChI is InChI=1S/C28H34Cl2N2O13/c1-14(33)41-13-23(38)32-24-20(42-15(2)34)11-28(30,27(39)40-5)45-26(24)25(44-17(4)36)21(43-16(3)35)12-31-22(37)10-18-6-8-19(29)9-7-18/h6-9,20-21,24-26H,10-13H2,1-5H3,(H,31,37)(H,32,38)/t20-,21+,24+,25+,26+,28-/m0/s1. The molecule has 248 valence electrons. The Morgan fingerprint density at radius 3 is 2.09 bits per heavy atom. The van der Waals surface area contributed by atoms with Gasteiger partial charge in [0, 0.05) is 39.1 Å². The summed E-state index contributed by atoms with van der Waals surface area (Å²) in [5, 5.41) is 3.17. The van der Waals surface area contributed by atoms with Crippen LogP contribution in [0.2, 0.25) is 5.02 Å². The zero-order valence-electron chi connectivity index (χ0n) is 25.1. The lowest BCUT2D eigenvalue weighted by atomic mass is 9.89. The van der Waals surface area contributed by atoms with Gasteiger partial charge in [0.15, 0.2) is 18.8 Å². The molecule has 2 N–H and O–H groups in total. The molecule has 1 aromatic carbocycles. The maximum atomic E-state index is 12.8. The van der Waals surface area contributed by atoms with Crippen LogP contribution >= 0.6 is 23.2 Å². The van der Waals surface area contributed by atoms with Crippen molar-refractivity contribution in [3.63, 3.8) is 0 Å². The van der Waals surface area contributed by atoms with Gasteiger partial charge in [-0.25, -0.2) is 4.79 Å². The number of carbonyl (C=O) groups excluding carboxylic acids is 7. The van der Waals surface area contributed by atoms with Gasteiger partial charge in [-0.3, -0.25) is 28.8 Å². The van der Waals surface area contributed by atoms with Gasteiger partial charge in [-0.1, -0.05) is 35.3 Å². The van der Waals surface area contributed by atoms with Crippen molar-refractivity contribution in [1.82, 2.24) is 10.6 Å². The van der Waals surface area contributed by atoms with Gasteiger partial charge >= 0.3 is 29.8 Å². The lowest BCUT2D eigenvalue weighted by Gasteiger charge is -2.47. The molecular formula is C28H34Cl2N2O13. The van der Waals surface area contributed by atoms with Crippen LogP contribution in [0.1, 0.15) is 39.7 Å². The highest BCUT2D eigenvalue weighted by Crippen LogP contribution is 2.38. The molecule has 6 atom stereocenters. The van der Waals surface area contributed by atoms with Gasteiger partial charge in [0.1, 0.15) is 12.2 Å². The van der Waals surface area contributed by atoms with Crippen molar-refractivity contribution in [2.45, 2.75) is 76.1 Å². The Hall–Kier alpha value is -3.95. The lowest BCUT2D eigenvalue weighted by Crippen LogP contribution is -2.68. The third-order valence-corrected chi connectivity index (χ3v) is 6.82. The molecule has 2 amide bonds. The second-order valence-corrected chi connectivity index (χ2v) is 10.9. The largest absolute Gasteiger partial charge is 0.466 e. The van der Waals surface area contributed by atoms with Gasteiger partial charge < -0.3 is 39.1 Å². The first kappa shape index (κ1) is 37.2. The molecule has 0 bridgehead atoms. The van der Waals surface area contributed by atoms with Crippen molar-refractivity contribution in [3.8, 4) is 0 Å². The Bertz CT molecular complexity index is 1280. The van der Waals surface area contributed by atoms with E-state index in [1.165, 1.54) is 0 Å². The molecule has 1 saturated heterocycles. The molecule has 1 heterocycles. The number of nitrogens with one attached hydrogen (secondary N) is 2. The predicted octanol–water partition coefficient (Wildman–Crippen LogP) is 0.739. The van der Waals surface area contributed by atoms with E-state index in [9.17, 15) is 33.6 Å². The Kier molecular flexibility index (Phi) is 14.0. The Morgan fingerprint density at radius 1 is 0.933 bits per heavy atom. The molecule has 15 nitrogen and oxygen atoms in total. The van der Waals surface area contributed by atoms with Crippen LogP contribution in [0.15, 0.2) is 24.3 Å². The number of halogens is 2. The van der Waals surface area contributed by atoms with Crippen LogP contribution in [-0.2, 0) is 68.4 Å². The molecule has 0 radical (unpaired) electrons. The van der Waals surface area contributed by atoms with Crippen molar-refractivity contribution < 1.29 is 62.0 Å². The van der Waals surface area contributed by atoms with Crippen LogP contribution in [0, 0.1) is 0 Å². The lowest BCUT2D eigenvalue weighted by molar-refractivity contribution is -0.222. The van der Waals surface area contributed by atoms with Gasteiger partial charge in [0.2, 0.25) is 11.0 Å². The van der Waals surface area contributed by atoms with Crippen LogP contribution in [0.4, 0.5) is 0 Å². The molecule has 0 saturated carbocycles. The first-order valence-electron chi connectivity index (χ1n) is 13.4. The summed E-state index contributed by atoms with van der Waals surface area (Å²) in [6, 6.07) is 5.01. The molecule has 17 heteroatoms. The van der Waals surface area contributed by atoms with Gasteiger partial charge in [-0.2, -0.15) is 0 Å². The first-order chi connectivity index (χ1) is 21.0. The second kappa shape index (κ2) is 16.9. The van der Waals surface area contributed by atoms with Gasteiger partial charge in [0.25, 0.3) is 5.91 Å². The minimum Gasteiger partial charge on any atom is -0.466 e. The monoisotopic (exact) mass is 676 g/mol. The van der Waals surface area contributed by atoms with E-state index in [0.29, 0.717) is 10.6 Å². The molecule has 0 spiro atoms. The average molecular weight is 677 g/mol. The summed E-state index contributed by atoms with van der Waals surface area (Å²) in [4.78, 5) is 86.2. The maximum absolute atomic E-state index is 12.8. The van der Waals surface area contributed by atoms with E-state index in [4.69, 9.17) is 51.6 Å². The topological polar surface area (TPSA) is 199 Å². The first-order valence-corrected chi connectivity index (χ1v) is 14.2. The van der Waals surface area contributed by atoms with Gasteiger partial charge in [0.05, 0.1) is 26.1 Å². The number of methoxy groups -OCH3 is 1. The van der Waals surface area contributed by atoms with Gasteiger partial charge in [-0.15, -0.1) is 0 Å². The molecule has 45 heavy (non-hydrogen) atoms. The van der Waals surface area contributed by atoms with E-state index in [1.807, 2.05) is 0 Å². The van der Waals surface area contributed by atoms with E-state index in [1.54, 1.807) is 24.3 Å². The molecular weight excluding hydrogens is 643 g/mol. The summed E-state index contributed by atoms with van der Waals surface area (Å²) in [7, 11) is 1.01. The Morgan fingerprint density at radius 2 is 1.56 bits per heavy atom. The minimum atomic E-state index is -2.35. The summed E-state index contributed by atoms with van der Waals surface area (Å²) >= 11 is 12.4. The van der Waals surface area contributed by atoms with Crippen molar-refractivity contribution in [2.24, 2.45) is 0 Å². The van der Waals surface area contributed by atoms with Gasteiger partial charge in [-0.05, 0) is 17.7 Å². The summed E-state index contributed by atoms with van der Waals surface area (Å²) < 4.78 is 31.7. The van der Waals surface area contributed by atoms with Crippen LogP contribution in [0.3, 0.4) is 0 Å². The highest BCUT2D eigenvalue weighted by atomic mass is 35.5. The van der Waals surface area contributed by atoms with Crippen LogP contribution < -0.4 is 10.6 Å². The molecule has 1 aromatic rings.